The average molecular weight is 339 g/mol. The Bertz CT molecular complexity index is 767. The molecule has 2 aromatic heterocycles. The minimum absolute atomic E-state index is 0.177. The fourth-order valence-corrected chi connectivity index (χ4v) is 2.81. The fraction of sp³-hybridized carbons (Fsp3) is 0.429. The normalized spacial score (nSPS) is 10.7. The number of aromatic nitrogens is 2. The molecule has 124 valence electrons. The summed E-state index contributed by atoms with van der Waals surface area (Å²) in [5.74, 6) is -0.904. The second-order valence-corrected chi connectivity index (χ2v) is 5.43. The molecule has 0 saturated carbocycles. The molecule has 0 bridgehead atoms. The second kappa shape index (κ2) is 7.84. The van der Waals surface area contributed by atoms with E-state index in [1.165, 1.54) is 29.3 Å². The Morgan fingerprint density at radius 1 is 1.43 bits per heavy atom. The highest BCUT2D eigenvalue weighted by molar-refractivity contribution is 7.17. The van der Waals surface area contributed by atoms with Gasteiger partial charge < -0.3 is 14.8 Å². The first-order valence-electron chi connectivity index (χ1n) is 6.97. The molecule has 1 N–H and O–H groups in total. The van der Waals surface area contributed by atoms with Gasteiger partial charge in [0.25, 0.3) is 5.56 Å². The molecule has 9 heteroatoms. The quantitative estimate of drug-likeness (QED) is 0.579. The van der Waals surface area contributed by atoms with Crippen molar-refractivity contribution in [2.24, 2.45) is 0 Å². The van der Waals surface area contributed by atoms with Crippen LogP contribution in [0.3, 0.4) is 0 Å². The van der Waals surface area contributed by atoms with Gasteiger partial charge >= 0.3 is 5.97 Å². The lowest BCUT2D eigenvalue weighted by Gasteiger charge is -2.07. The third-order valence-electron chi connectivity index (χ3n) is 3.00. The van der Waals surface area contributed by atoms with Crippen LogP contribution in [0.25, 0.3) is 10.2 Å². The first kappa shape index (κ1) is 17.1. The van der Waals surface area contributed by atoms with Gasteiger partial charge in [-0.1, -0.05) is 0 Å². The van der Waals surface area contributed by atoms with E-state index in [0.717, 1.165) is 0 Å². The zero-order valence-electron chi connectivity index (χ0n) is 12.8. The minimum atomic E-state index is -0.569. The summed E-state index contributed by atoms with van der Waals surface area (Å²) in [6, 6.07) is 0. The van der Waals surface area contributed by atoms with Crippen molar-refractivity contribution in [3.63, 3.8) is 0 Å². The number of methoxy groups -OCH3 is 1. The Labute approximate surface area is 136 Å². The van der Waals surface area contributed by atoms with Gasteiger partial charge in [-0.2, -0.15) is 0 Å². The van der Waals surface area contributed by atoms with Gasteiger partial charge in [-0.25, -0.2) is 9.78 Å². The maximum atomic E-state index is 12.5. The van der Waals surface area contributed by atoms with Gasteiger partial charge in [0.2, 0.25) is 5.91 Å². The zero-order valence-corrected chi connectivity index (χ0v) is 13.6. The molecule has 0 atom stereocenters. The summed E-state index contributed by atoms with van der Waals surface area (Å²) in [4.78, 5) is 40.8. The second-order valence-electron chi connectivity index (χ2n) is 4.57. The number of carbonyl (C=O) groups is 2. The summed E-state index contributed by atoms with van der Waals surface area (Å²) in [6.45, 7) is 2.46. The maximum absolute atomic E-state index is 12.5. The van der Waals surface area contributed by atoms with E-state index in [1.54, 1.807) is 12.3 Å². The number of carbonyl (C=O) groups excluding carboxylic acids is 2. The lowest BCUT2D eigenvalue weighted by Crippen LogP contribution is -2.34. The van der Waals surface area contributed by atoms with E-state index in [4.69, 9.17) is 9.47 Å². The number of esters is 1. The molecule has 2 heterocycles. The molecule has 0 fully saturated rings. The Morgan fingerprint density at radius 2 is 2.22 bits per heavy atom. The average Bonchev–Trinajstić information content (AvgIpc) is 2.95. The van der Waals surface area contributed by atoms with Crippen molar-refractivity contribution in [1.82, 2.24) is 14.9 Å². The summed E-state index contributed by atoms with van der Waals surface area (Å²) in [5.41, 5.74) is -0.264. The zero-order chi connectivity index (χ0) is 16.8. The lowest BCUT2D eigenvalue weighted by molar-refractivity contribution is -0.121. The first-order chi connectivity index (χ1) is 11.1. The van der Waals surface area contributed by atoms with Gasteiger partial charge in [0.1, 0.15) is 11.4 Å². The number of nitrogens with zero attached hydrogens (tertiary/aromatic N) is 2. The monoisotopic (exact) mass is 339 g/mol. The highest BCUT2D eigenvalue weighted by Gasteiger charge is 2.18. The number of hydrogen-bond donors (Lipinski definition) is 1. The number of fused-ring (bicyclic) bond motifs is 1. The van der Waals surface area contributed by atoms with Crippen molar-refractivity contribution >= 4 is 33.4 Å². The molecule has 0 aliphatic rings. The molecule has 0 radical (unpaired) electrons. The molecule has 0 spiro atoms. The van der Waals surface area contributed by atoms with Crippen LogP contribution >= 0.6 is 11.3 Å². The van der Waals surface area contributed by atoms with Crippen molar-refractivity contribution in [3.8, 4) is 0 Å². The van der Waals surface area contributed by atoms with Crippen LogP contribution in [0, 0.1) is 0 Å². The Morgan fingerprint density at radius 3 is 2.91 bits per heavy atom. The predicted octanol–water partition coefficient (Wildman–Crippen LogP) is 0.397. The summed E-state index contributed by atoms with van der Waals surface area (Å²) in [6.07, 6.45) is 1.30. The third kappa shape index (κ3) is 3.93. The molecule has 2 rings (SSSR count). The molecule has 0 aliphatic carbocycles. The minimum Gasteiger partial charge on any atom is -0.462 e. The van der Waals surface area contributed by atoms with E-state index in [0.29, 0.717) is 18.0 Å². The van der Waals surface area contributed by atoms with Crippen LogP contribution in [0.15, 0.2) is 16.5 Å². The lowest BCUT2D eigenvalue weighted by atomic mass is 10.2. The van der Waals surface area contributed by atoms with Crippen molar-refractivity contribution < 1.29 is 19.1 Å². The van der Waals surface area contributed by atoms with E-state index >= 15 is 0 Å². The molecular weight excluding hydrogens is 322 g/mol. The number of thiophene rings is 1. The van der Waals surface area contributed by atoms with E-state index in [-0.39, 0.29) is 30.0 Å². The molecule has 0 aromatic carbocycles. The van der Waals surface area contributed by atoms with Gasteiger partial charge in [0.05, 0.1) is 30.5 Å². The number of amides is 1. The number of nitrogens with one attached hydrogen (secondary N) is 1. The summed E-state index contributed by atoms with van der Waals surface area (Å²) < 4.78 is 10.9. The van der Waals surface area contributed by atoms with Gasteiger partial charge in [-0.05, 0) is 6.92 Å². The molecule has 1 amide bonds. The van der Waals surface area contributed by atoms with E-state index < -0.39 is 11.5 Å². The van der Waals surface area contributed by atoms with Gasteiger partial charge in [-0.15, -0.1) is 11.3 Å². The van der Waals surface area contributed by atoms with E-state index in [2.05, 4.69) is 10.3 Å². The molecule has 23 heavy (non-hydrogen) atoms. The van der Waals surface area contributed by atoms with Gasteiger partial charge in [-0.3, -0.25) is 14.2 Å². The summed E-state index contributed by atoms with van der Waals surface area (Å²) in [5, 5.41) is 4.34. The van der Waals surface area contributed by atoms with Gasteiger partial charge in [0, 0.05) is 19.0 Å². The highest BCUT2D eigenvalue weighted by atomic mass is 32.1. The fourth-order valence-electron chi connectivity index (χ4n) is 1.94. The largest absolute Gasteiger partial charge is 0.462 e. The van der Waals surface area contributed by atoms with E-state index in [1.807, 2.05) is 0 Å². The van der Waals surface area contributed by atoms with Crippen LogP contribution in [0.1, 0.15) is 17.3 Å². The standard InChI is InChI=1S/C14H17N3O5S/c1-3-22-14(20)9-7-23-12-11(9)13(19)17(8-16-12)6-10(18)15-4-5-21-2/h7-8H,3-6H2,1-2H3,(H,15,18). The molecule has 0 aliphatic heterocycles. The molecule has 0 saturated heterocycles. The third-order valence-corrected chi connectivity index (χ3v) is 3.88. The molecular formula is C14H17N3O5S. The van der Waals surface area contributed by atoms with Crippen molar-refractivity contribution in [3.05, 3.63) is 27.6 Å². The maximum Gasteiger partial charge on any atom is 0.339 e. The summed E-state index contributed by atoms with van der Waals surface area (Å²) >= 11 is 1.18. The first-order valence-corrected chi connectivity index (χ1v) is 7.85. The Balaban J connectivity index is 2.27. The van der Waals surface area contributed by atoms with Gasteiger partial charge in [0.15, 0.2) is 0 Å². The van der Waals surface area contributed by atoms with Crippen LogP contribution in [0.2, 0.25) is 0 Å². The van der Waals surface area contributed by atoms with Crippen LogP contribution in [0.5, 0.6) is 0 Å². The predicted molar refractivity (Wildman–Crippen MR) is 84.7 cm³/mol. The summed E-state index contributed by atoms with van der Waals surface area (Å²) in [7, 11) is 1.53. The highest BCUT2D eigenvalue weighted by Crippen LogP contribution is 2.21. The molecule has 0 unspecified atom stereocenters. The molecule has 8 nitrogen and oxygen atoms in total. The number of hydrogen-bond acceptors (Lipinski definition) is 7. The smallest absolute Gasteiger partial charge is 0.339 e. The van der Waals surface area contributed by atoms with Crippen molar-refractivity contribution in [2.45, 2.75) is 13.5 Å². The number of rotatable bonds is 7. The van der Waals surface area contributed by atoms with Crippen LogP contribution < -0.4 is 10.9 Å². The molecule has 2 aromatic rings. The Hall–Kier alpha value is -2.26. The van der Waals surface area contributed by atoms with Crippen molar-refractivity contribution in [1.29, 1.82) is 0 Å². The Kier molecular flexibility index (Phi) is 5.83. The van der Waals surface area contributed by atoms with Crippen LogP contribution in [-0.2, 0) is 20.8 Å². The van der Waals surface area contributed by atoms with E-state index in [9.17, 15) is 14.4 Å². The van der Waals surface area contributed by atoms with Crippen molar-refractivity contribution in [2.75, 3.05) is 26.9 Å². The van der Waals surface area contributed by atoms with Crippen LogP contribution in [-0.4, -0.2) is 48.3 Å². The van der Waals surface area contributed by atoms with Crippen LogP contribution in [0.4, 0.5) is 0 Å². The topological polar surface area (TPSA) is 99.5 Å². The number of ether oxygens (including phenoxy) is 2. The SMILES string of the molecule is CCOC(=O)c1csc2ncn(CC(=O)NCCOC)c(=O)c12.